The highest BCUT2D eigenvalue weighted by Gasteiger charge is 2.66. The van der Waals surface area contributed by atoms with Gasteiger partial charge in [-0.1, -0.05) is 27.7 Å². The molecule has 2 N–H and O–H groups in total. The number of nitrogens with zero attached hydrogens (tertiary/aromatic N) is 1. The molecule has 17 heavy (non-hydrogen) atoms. The molecule has 1 aromatic rings. The van der Waals surface area contributed by atoms with E-state index < -0.39 is 10.0 Å². The van der Waals surface area contributed by atoms with E-state index in [2.05, 4.69) is 42.4 Å². The SMILES string of the molecule is Cc1ncc(S(=O)(=O)NC2C(C)(C)C2(C)C)[nH]1. The van der Waals surface area contributed by atoms with Crippen LogP contribution in [0.15, 0.2) is 11.2 Å². The second-order valence-corrected chi connectivity index (χ2v) is 7.51. The van der Waals surface area contributed by atoms with E-state index >= 15 is 0 Å². The molecule has 1 aromatic heterocycles. The van der Waals surface area contributed by atoms with Gasteiger partial charge in [0, 0.05) is 6.04 Å². The van der Waals surface area contributed by atoms with Crippen LogP contribution in [0.5, 0.6) is 0 Å². The fourth-order valence-electron chi connectivity index (χ4n) is 2.24. The Kier molecular flexibility index (Phi) is 2.46. The summed E-state index contributed by atoms with van der Waals surface area (Å²) < 4.78 is 26.9. The molecule has 96 valence electrons. The molecule has 1 fully saturated rings. The predicted octanol–water partition coefficient (Wildman–Crippen LogP) is 1.43. The third-order valence-electron chi connectivity index (χ3n) is 4.26. The van der Waals surface area contributed by atoms with Crippen molar-refractivity contribution in [2.45, 2.75) is 45.7 Å². The molecule has 0 bridgehead atoms. The van der Waals surface area contributed by atoms with E-state index in [0.717, 1.165) is 0 Å². The standard InChI is InChI=1S/C11H19N3O2S/c1-7-12-6-8(13-7)17(15,16)14-9-10(2,3)11(9,4)5/h6,9,14H,1-5H3,(H,12,13). The Balaban J connectivity index is 2.21. The quantitative estimate of drug-likeness (QED) is 0.860. The van der Waals surface area contributed by atoms with Crippen LogP contribution in [-0.2, 0) is 10.0 Å². The zero-order chi connectivity index (χ0) is 13.1. The van der Waals surface area contributed by atoms with Crippen LogP contribution in [0.4, 0.5) is 0 Å². The average molecular weight is 257 g/mol. The molecular weight excluding hydrogens is 238 g/mol. The van der Waals surface area contributed by atoms with E-state index in [9.17, 15) is 8.42 Å². The van der Waals surface area contributed by atoms with Gasteiger partial charge in [0.05, 0.1) is 6.20 Å². The Morgan fingerprint density at radius 2 is 1.82 bits per heavy atom. The molecule has 6 heteroatoms. The molecule has 1 saturated carbocycles. The van der Waals surface area contributed by atoms with Crippen molar-refractivity contribution in [1.82, 2.24) is 14.7 Å². The normalized spacial score (nSPS) is 22.6. The Bertz CT molecular complexity index is 529. The summed E-state index contributed by atoms with van der Waals surface area (Å²) in [5.41, 5.74) is -0.0374. The zero-order valence-corrected chi connectivity index (χ0v) is 11.6. The number of H-pyrrole nitrogens is 1. The van der Waals surface area contributed by atoms with Gasteiger partial charge < -0.3 is 4.98 Å². The molecule has 0 spiro atoms. The van der Waals surface area contributed by atoms with Crippen LogP contribution in [-0.4, -0.2) is 24.4 Å². The summed E-state index contributed by atoms with van der Waals surface area (Å²) in [5.74, 6) is 0.597. The van der Waals surface area contributed by atoms with Crippen molar-refractivity contribution in [1.29, 1.82) is 0 Å². The van der Waals surface area contributed by atoms with Gasteiger partial charge in [-0.15, -0.1) is 0 Å². The van der Waals surface area contributed by atoms with Gasteiger partial charge in [-0.3, -0.25) is 0 Å². The maximum Gasteiger partial charge on any atom is 0.257 e. The minimum absolute atomic E-state index is 0.0187. The second kappa shape index (κ2) is 3.32. The van der Waals surface area contributed by atoms with Gasteiger partial charge >= 0.3 is 0 Å². The van der Waals surface area contributed by atoms with Crippen LogP contribution in [0.25, 0.3) is 0 Å². The Hall–Kier alpha value is -0.880. The summed E-state index contributed by atoms with van der Waals surface area (Å²) in [6, 6.07) is -0.0383. The molecule has 0 saturated heterocycles. The molecule has 0 aliphatic heterocycles. The molecule has 0 atom stereocenters. The van der Waals surface area contributed by atoms with Gasteiger partial charge in [0.1, 0.15) is 5.82 Å². The number of sulfonamides is 1. The van der Waals surface area contributed by atoms with Gasteiger partial charge in [-0.25, -0.2) is 18.1 Å². The van der Waals surface area contributed by atoms with Gasteiger partial charge in [-0.2, -0.15) is 0 Å². The number of imidazole rings is 1. The van der Waals surface area contributed by atoms with E-state index in [0.29, 0.717) is 5.82 Å². The number of nitrogens with one attached hydrogen (secondary N) is 2. The number of hydrogen-bond donors (Lipinski definition) is 2. The molecule has 5 nitrogen and oxygen atoms in total. The number of aryl methyl sites for hydroxylation is 1. The van der Waals surface area contributed by atoms with Crippen molar-refractivity contribution in [3.63, 3.8) is 0 Å². The zero-order valence-electron chi connectivity index (χ0n) is 10.8. The van der Waals surface area contributed by atoms with Crippen LogP contribution in [0.1, 0.15) is 33.5 Å². The van der Waals surface area contributed by atoms with Crippen LogP contribution in [0.3, 0.4) is 0 Å². The van der Waals surface area contributed by atoms with Crippen molar-refractivity contribution in [3.8, 4) is 0 Å². The second-order valence-electron chi connectivity index (χ2n) is 5.83. The minimum Gasteiger partial charge on any atom is -0.332 e. The smallest absolute Gasteiger partial charge is 0.257 e. The highest BCUT2D eigenvalue weighted by molar-refractivity contribution is 7.89. The van der Waals surface area contributed by atoms with Gasteiger partial charge in [0.15, 0.2) is 5.03 Å². The summed E-state index contributed by atoms with van der Waals surface area (Å²) in [5, 5.41) is 0.133. The third-order valence-corrected chi connectivity index (χ3v) is 5.60. The first kappa shape index (κ1) is 12.6. The minimum atomic E-state index is -3.49. The number of aromatic amines is 1. The summed E-state index contributed by atoms with van der Waals surface area (Å²) >= 11 is 0. The fraction of sp³-hybridized carbons (Fsp3) is 0.727. The van der Waals surface area contributed by atoms with E-state index in [1.807, 2.05) is 0 Å². The van der Waals surface area contributed by atoms with Crippen LogP contribution in [0.2, 0.25) is 0 Å². The molecule has 1 aliphatic rings. The van der Waals surface area contributed by atoms with E-state index in [-0.39, 0.29) is 21.9 Å². The average Bonchev–Trinajstić information content (AvgIpc) is 2.59. The summed E-state index contributed by atoms with van der Waals surface area (Å²) in [7, 11) is -3.49. The van der Waals surface area contributed by atoms with Gasteiger partial charge in [0.25, 0.3) is 10.0 Å². The van der Waals surface area contributed by atoms with Crippen LogP contribution in [0, 0.1) is 17.8 Å². The lowest BCUT2D eigenvalue weighted by Crippen LogP contribution is -2.30. The van der Waals surface area contributed by atoms with E-state index in [1.165, 1.54) is 6.20 Å². The Labute approximate surface area is 102 Å². The van der Waals surface area contributed by atoms with Crippen LogP contribution < -0.4 is 4.72 Å². The predicted molar refractivity (Wildman–Crippen MR) is 65.0 cm³/mol. The van der Waals surface area contributed by atoms with Gasteiger partial charge in [0.2, 0.25) is 0 Å². The summed E-state index contributed by atoms with van der Waals surface area (Å²) in [6.45, 7) is 10.00. The lowest BCUT2D eigenvalue weighted by Gasteiger charge is -2.05. The van der Waals surface area contributed by atoms with E-state index in [4.69, 9.17) is 0 Å². The van der Waals surface area contributed by atoms with Gasteiger partial charge in [-0.05, 0) is 17.8 Å². The maximum atomic E-state index is 12.1. The molecular formula is C11H19N3O2S. The molecule has 1 aliphatic carbocycles. The first-order valence-corrected chi connectivity index (χ1v) is 7.11. The Morgan fingerprint density at radius 1 is 1.29 bits per heavy atom. The number of rotatable bonds is 3. The first-order chi connectivity index (χ1) is 7.59. The fourth-order valence-corrected chi connectivity index (χ4v) is 3.74. The van der Waals surface area contributed by atoms with E-state index in [1.54, 1.807) is 6.92 Å². The molecule has 0 radical (unpaired) electrons. The van der Waals surface area contributed by atoms with Crippen molar-refractivity contribution in [2.24, 2.45) is 10.8 Å². The monoisotopic (exact) mass is 257 g/mol. The molecule has 0 aromatic carbocycles. The number of hydrogen-bond acceptors (Lipinski definition) is 3. The summed E-state index contributed by atoms with van der Waals surface area (Å²) in [4.78, 5) is 6.65. The highest BCUT2D eigenvalue weighted by Crippen LogP contribution is 2.62. The first-order valence-electron chi connectivity index (χ1n) is 5.63. The number of aromatic nitrogens is 2. The largest absolute Gasteiger partial charge is 0.332 e. The summed E-state index contributed by atoms with van der Waals surface area (Å²) in [6.07, 6.45) is 1.35. The van der Waals surface area contributed by atoms with Crippen molar-refractivity contribution >= 4 is 10.0 Å². The third kappa shape index (κ3) is 1.79. The molecule has 0 unspecified atom stereocenters. The lowest BCUT2D eigenvalue weighted by molar-refractivity contribution is 0.457. The molecule has 0 amide bonds. The van der Waals surface area contributed by atoms with Crippen molar-refractivity contribution < 1.29 is 8.42 Å². The maximum absolute atomic E-state index is 12.1. The van der Waals surface area contributed by atoms with Crippen molar-refractivity contribution in [2.75, 3.05) is 0 Å². The Morgan fingerprint density at radius 3 is 2.18 bits per heavy atom. The van der Waals surface area contributed by atoms with Crippen LogP contribution >= 0.6 is 0 Å². The molecule has 1 heterocycles. The lowest BCUT2D eigenvalue weighted by atomic mass is 10.0. The molecule has 2 rings (SSSR count). The topological polar surface area (TPSA) is 74.8 Å². The highest BCUT2D eigenvalue weighted by atomic mass is 32.2. The van der Waals surface area contributed by atoms with Crippen molar-refractivity contribution in [3.05, 3.63) is 12.0 Å².